The molecule has 1 aromatic carbocycles. The lowest BCUT2D eigenvalue weighted by Gasteiger charge is -2.37. The normalized spacial score (nSPS) is 16.0. The Kier molecular flexibility index (Phi) is 4.06. The first-order valence-corrected chi connectivity index (χ1v) is 6.27. The van der Waals surface area contributed by atoms with Crippen molar-refractivity contribution >= 4 is 17.7 Å². The Labute approximate surface area is 118 Å². The van der Waals surface area contributed by atoms with Crippen LogP contribution in [-0.4, -0.2) is 23.7 Å². The van der Waals surface area contributed by atoms with Crippen molar-refractivity contribution in [2.45, 2.75) is 19.3 Å². The van der Waals surface area contributed by atoms with Crippen LogP contribution in [0.2, 0.25) is 0 Å². The topological polar surface area (TPSA) is 78.4 Å². The fourth-order valence-electron chi connectivity index (χ4n) is 2.13. The summed E-state index contributed by atoms with van der Waals surface area (Å²) in [7, 11) is 0. The zero-order valence-corrected chi connectivity index (χ0v) is 10.9. The second kappa shape index (κ2) is 5.63. The molecule has 1 saturated carbocycles. The van der Waals surface area contributed by atoms with Crippen LogP contribution in [0.3, 0.4) is 0 Å². The number of hydrogen-bond acceptors (Lipinski definition) is 2. The van der Waals surface area contributed by atoms with Gasteiger partial charge in [-0.15, -0.1) is 0 Å². The molecule has 0 bridgehead atoms. The molecule has 0 unspecified atom stereocenters. The number of rotatable bonds is 4. The number of nitrogens with one attached hydrogen (secondary N) is 2. The fraction of sp³-hybridized carbons (Fsp3) is 0.385. The van der Waals surface area contributed by atoms with E-state index in [0.717, 1.165) is 6.42 Å². The Balaban J connectivity index is 1.98. The van der Waals surface area contributed by atoms with Gasteiger partial charge in [-0.3, -0.25) is 4.79 Å². The number of halogens is 3. The molecule has 0 saturated heterocycles. The predicted octanol–water partition coefficient (Wildman–Crippen LogP) is 2.48. The van der Waals surface area contributed by atoms with E-state index in [9.17, 15) is 22.8 Å². The van der Waals surface area contributed by atoms with E-state index in [1.165, 1.54) is 0 Å². The third-order valence-corrected chi connectivity index (χ3v) is 3.59. The van der Waals surface area contributed by atoms with Gasteiger partial charge in [0, 0.05) is 18.7 Å². The van der Waals surface area contributed by atoms with Gasteiger partial charge in [-0.2, -0.15) is 0 Å². The summed E-state index contributed by atoms with van der Waals surface area (Å²) in [6.45, 7) is -0.131. The van der Waals surface area contributed by atoms with Crippen molar-refractivity contribution in [2.75, 3.05) is 11.9 Å². The van der Waals surface area contributed by atoms with Crippen LogP contribution >= 0.6 is 0 Å². The summed E-state index contributed by atoms with van der Waals surface area (Å²) in [6, 6.07) is 0.0620. The maximum absolute atomic E-state index is 13.3. The first-order chi connectivity index (χ1) is 9.84. The smallest absolute Gasteiger partial charge is 0.319 e. The number of carboxylic acid groups (broad SMARTS) is 1. The molecule has 5 nitrogen and oxygen atoms in total. The lowest BCUT2D eigenvalue weighted by Crippen LogP contribution is -2.48. The molecule has 0 radical (unpaired) electrons. The van der Waals surface area contributed by atoms with Crippen LogP contribution in [0.15, 0.2) is 12.1 Å². The monoisotopic (exact) mass is 302 g/mol. The minimum Gasteiger partial charge on any atom is -0.481 e. The van der Waals surface area contributed by atoms with Crippen molar-refractivity contribution in [3.8, 4) is 0 Å². The van der Waals surface area contributed by atoms with Crippen molar-refractivity contribution in [2.24, 2.45) is 5.41 Å². The molecular weight excluding hydrogens is 289 g/mol. The van der Waals surface area contributed by atoms with Gasteiger partial charge in [-0.1, -0.05) is 6.42 Å². The molecule has 8 heteroatoms. The van der Waals surface area contributed by atoms with Crippen LogP contribution in [0.4, 0.5) is 23.7 Å². The molecule has 114 valence electrons. The van der Waals surface area contributed by atoms with E-state index in [1.54, 1.807) is 0 Å². The summed E-state index contributed by atoms with van der Waals surface area (Å²) in [4.78, 5) is 22.7. The average molecular weight is 302 g/mol. The van der Waals surface area contributed by atoms with Crippen LogP contribution in [0.25, 0.3) is 0 Å². The van der Waals surface area contributed by atoms with E-state index in [1.807, 2.05) is 5.32 Å². The molecule has 0 atom stereocenters. The molecule has 1 aliphatic rings. The summed E-state index contributed by atoms with van der Waals surface area (Å²) < 4.78 is 39.3. The largest absolute Gasteiger partial charge is 0.481 e. The third kappa shape index (κ3) is 3.09. The first-order valence-electron chi connectivity index (χ1n) is 6.27. The maximum Gasteiger partial charge on any atom is 0.319 e. The second-order valence-electron chi connectivity index (χ2n) is 5.00. The molecule has 1 aromatic rings. The van der Waals surface area contributed by atoms with E-state index in [-0.39, 0.29) is 6.54 Å². The number of aliphatic carboxylic acids is 1. The summed E-state index contributed by atoms with van der Waals surface area (Å²) in [6.07, 6.45) is 1.62. The molecule has 1 aliphatic carbocycles. The number of carbonyl (C=O) groups is 2. The molecule has 3 N–H and O–H groups in total. The molecule has 0 spiro atoms. The van der Waals surface area contributed by atoms with E-state index in [0.29, 0.717) is 25.0 Å². The predicted molar refractivity (Wildman–Crippen MR) is 67.3 cm³/mol. The van der Waals surface area contributed by atoms with Gasteiger partial charge < -0.3 is 15.7 Å². The van der Waals surface area contributed by atoms with Crippen LogP contribution < -0.4 is 10.6 Å². The highest BCUT2D eigenvalue weighted by molar-refractivity contribution is 5.90. The Hall–Kier alpha value is -2.25. The van der Waals surface area contributed by atoms with Crippen molar-refractivity contribution in [1.29, 1.82) is 0 Å². The van der Waals surface area contributed by atoms with Gasteiger partial charge >= 0.3 is 12.0 Å². The van der Waals surface area contributed by atoms with Crippen LogP contribution in [0.1, 0.15) is 19.3 Å². The Morgan fingerprint density at radius 3 is 2.43 bits per heavy atom. The Morgan fingerprint density at radius 1 is 1.24 bits per heavy atom. The molecule has 2 rings (SSSR count). The van der Waals surface area contributed by atoms with Crippen molar-refractivity contribution < 1.29 is 27.9 Å². The van der Waals surface area contributed by atoms with Crippen LogP contribution in [-0.2, 0) is 4.79 Å². The SMILES string of the molecule is O=C(NCC1(C(=O)O)CCC1)Nc1cc(F)cc(F)c1F. The zero-order chi connectivity index (χ0) is 15.6. The summed E-state index contributed by atoms with van der Waals surface area (Å²) in [5.74, 6) is -4.86. The standard InChI is InChI=1S/C13H13F3N2O3/c14-7-4-8(15)10(16)9(5-7)18-12(21)17-6-13(11(19)20)2-1-3-13/h4-5H,1-3,6H2,(H,19,20)(H2,17,18,21). The maximum atomic E-state index is 13.3. The molecule has 1 fully saturated rings. The number of hydrogen-bond donors (Lipinski definition) is 3. The number of amides is 2. The highest BCUT2D eigenvalue weighted by Gasteiger charge is 2.44. The highest BCUT2D eigenvalue weighted by Crippen LogP contribution is 2.40. The van der Waals surface area contributed by atoms with Crippen molar-refractivity contribution in [3.05, 3.63) is 29.6 Å². The molecule has 0 aliphatic heterocycles. The minimum atomic E-state index is -1.42. The third-order valence-electron chi connectivity index (χ3n) is 3.59. The number of urea groups is 1. The molecular formula is C13H13F3N2O3. The van der Waals surface area contributed by atoms with Crippen molar-refractivity contribution in [1.82, 2.24) is 5.32 Å². The Morgan fingerprint density at radius 2 is 1.90 bits per heavy atom. The van der Waals surface area contributed by atoms with Gasteiger partial charge in [0.05, 0.1) is 11.1 Å². The quantitative estimate of drug-likeness (QED) is 0.748. The van der Waals surface area contributed by atoms with Gasteiger partial charge in [-0.05, 0) is 12.8 Å². The van der Waals surface area contributed by atoms with Gasteiger partial charge in [0.15, 0.2) is 11.6 Å². The first kappa shape index (κ1) is 15.1. The summed E-state index contributed by atoms with van der Waals surface area (Å²) in [5, 5.41) is 13.3. The number of carbonyl (C=O) groups excluding carboxylic acids is 1. The molecule has 2 amide bonds. The van der Waals surface area contributed by atoms with Gasteiger partial charge in [0.1, 0.15) is 5.82 Å². The average Bonchev–Trinajstić information content (AvgIpc) is 2.33. The summed E-state index contributed by atoms with van der Waals surface area (Å²) in [5.41, 5.74) is -1.66. The molecule has 21 heavy (non-hydrogen) atoms. The lowest BCUT2D eigenvalue weighted by molar-refractivity contribution is -0.153. The second-order valence-corrected chi connectivity index (χ2v) is 5.00. The van der Waals surface area contributed by atoms with Gasteiger partial charge in [0.2, 0.25) is 0 Å². The van der Waals surface area contributed by atoms with Crippen LogP contribution in [0, 0.1) is 22.9 Å². The van der Waals surface area contributed by atoms with E-state index in [4.69, 9.17) is 5.11 Å². The summed E-state index contributed by atoms with van der Waals surface area (Å²) >= 11 is 0. The van der Waals surface area contributed by atoms with E-state index in [2.05, 4.69) is 5.32 Å². The van der Waals surface area contributed by atoms with E-state index >= 15 is 0 Å². The highest BCUT2D eigenvalue weighted by atomic mass is 19.2. The van der Waals surface area contributed by atoms with Crippen LogP contribution in [0.5, 0.6) is 0 Å². The Bertz CT molecular complexity index is 588. The number of carboxylic acids is 1. The van der Waals surface area contributed by atoms with Crippen molar-refractivity contribution in [3.63, 3.8) is 0 Å². The van der Waals surface area contributed by atoms with Gasteiger partial charge in [0.25, 0.3) is 0 Å². The van der Waals surface area contributed by atoms with Gasteiger partial charge in [-0.25, -0.2) is 18.0 Å². The number of anilines is 1. The fourth-order valence-corrected chi connectivity index (χ4v) is 2.13. The molecule has 0 aromatic heterocycles. The van der Waals surface area contributed by atoms with E-state index < -0.39 is 40.6 Å². The number of benzene rings is 1. The minimum absolute atomic E-state index is 0.131. The molecule has 0 heterocycles. The lowest BCUT2D eigenvalue weighted by atomic mass is 9.69. The zero-order valence-electron chi connectivity index (χ0n) is 10.9.